The van der Waals surface area contributed by atoms with Gasteiger partial charge in [0.25, 0.3) is 0 Å². The molecule has 2 aliphatic carbocycles. The smallest absolute Gasteiger partial charge is 0.233 e. The second kappa shape index (κ2) is 8.22. The number of rotatable bonds is 6. The third-order valence-electron chi connectivity index (χ3n) is 6.67. The summed E-state index contributed by atoms with van der Waals surface area (Å²) in [5, 5.41) is 6.26. The molecule has 166 valence electrons. The van der Waals surface area contributed by atoms with Crippen molar-refractivity contribution in [3.05, 3.63) is 60.5 Å². The molecule has 1 saturated carbocycles. The fraction of sp³-hybridized carbons (Fsp3) is 0.391. The first kappa shape index (κ1) is 20.4. The quantitative estimate of drug-likeness (QED) is 0.310. The molecule has 2 bridgehead atoms. The molecule has 3 aliphatic rings. The summed E-state index contributed by atoms with van der Waals surface area (Å²) in [6.07, 6.45) is 9.95. The van der Waals surface area contributed by atoms with E-state index in [1.165, 1.54) is 11.0 Å². The number of hydrogen-bond donors (Lipinski definition) is 2. The van der Waals surface area contributed by atoms with E-state index < -0.39 is 0 Å². The maximum Gasteiger partial charge on any atom is 0.233 e. The highest BCUT2D eigenvalue weighted by Crippen LogP contribution is 2.52. The van der Waals surface area contributed by atoms with Crippen LogP contribution < -0.4 is 10.6 Å². The Bertz CT molecular complexity index is 1070. The number of amides is 2. The Labute approximate surface area is 185 Å². The normalized spacial score (nSPS) is 26.2. The zero-order chi connectivity index (χ0) is 22.2. The third-order valence-corrected chi connectivity index (χ3v) is 6.67. The highest BCUT2D eigenvalue weighted by atomic mass is 19.1. The van der Waals surface area contributed by atoms with Gasteiger partial charge in [0, 0.05) is 39.1 Å². The van der Waals surface area contributed by atoms with Crippen LogP contribution in [0.2, 0.25) is 0 Å². The summed E-state index contributed by atoms with van der Waals surface area (Å²) in [5.74, 6) is 0.176. The van der Waals surface area contributed by atoms with E-state index in [1.807, 2.05) is 6.07 Å². The molecule has 8 nitrogen and oxygen atoms in total. The summed E-state index contributed by atoms with van der Waals surface area (Å²) in [4.78, 5) is 35.0. The molecule has 2 aromatic rings. The van der Waals surface area contributed by atoms with Gasteiger partial charge in [-0.3, -0.25) is 19.5 Å². The van der Waals surface area contributed by atoms with Crippen LogP contribution in [0.4, 0.5) is 4.39 Å². The van der Waals surface area contributed by atoms with Crippen LogP contribution >= 0.6 is 0 Å². The zero-order valence-corrected chi connectivity index (χ0v) is 17.7. The van der Waals surface area contributed by atoms with Gasteiger partial charge in [-0.1, -0.05) is 18.2 Å². The number of fused-ring (bicyclic) bond motifs is 5. The van der Waals surface area contributed by atoms with E-state index in [9.17, 15) is 14.0 Å². The molecule has 1 saturated heterocycles. The fourth-order valence-corrected chi connectivity index (χ4v) is 5.15. The monoisotopic (exact) mass is 436 g/mol. The van der Waals surface area contributed by atoms with E-state index in [-0.39, 0.29) is 41.3 Å². The maximum absolute atomic E-state index is 14.4. The van der Waals surface area contributed by atoms with E-state index in [0.29, 0.717) is 31.3 Å². The van der Waals surface area contributed by atoms with Crippen molar-refractivity contribution in [1.82, 2.24) is 25.1 Å². The average molecular weight is 436 g/mol. The van der Waals surface area contributed by atoms with Crippen LogP contribution in [0.15, 0.2) is 54.1 Å². The van der Waals surface area contributed by atoms with Crippen molar-refractivity contribution < 1.29 is 14.0 Å². The van der Waals surface area contributed by atoms with Crippen molar-refractivity contribution in [2.75, 3.05) is 20.1 Å². The van der Waals surface area contributed by atoms with Crippen molar-refractivity contribution in [2.45, 2.75) is 13.0 Å². The van der Waals surface area contributed by atoms with Gasteiger partial charge in [0.2, 0.25) is 11.8 Å². The average Bonchev–Trinajstić information content (AvgIpc) is 3.58. The van der Waals surface area contributed by atoms with Gasteiger partial charge < -0.3 is 15.2 Å². The molecule has 2 heterocycles. The second-order valence-corrected chi connectivity index (χ2v) is 8.44. The molecule has 0 radical (unpaired) electrons. The first-order valence-corrected chi connectivity index (χ1v) is 10.8. The Morgan fingerprint density at radius 3 is 2.56 bits per heavy atom. The number of aliphatic imine (C=N–C) groups is 1. The Balaban J connectivity index is 1.13. The molecule has 1 aromatic heterocycles. The number of nitrogens with zero attached hydrogens (tertiary/aromatic N) is 4. The number of hydrogen-bond acceptors (Lipinski definition) is 4. The summed E-state index contributed by atoms with van der Waals surface area (Å²) in [7, 11) is 1.64. The number of carbonyl (C=O) groups excluding carboxylic acids is 2. The lowest BCUT2D eigenvalue weighted by Gasteiger charge is -2.18. The SMILES string of the molecule is CN=C(NCCN1C(=O)C2C3C=CC(C3)C2C1=O)NCc1ccc(-n2ccnc2)c(F)c1. The van der Waals surface area contributed by atoms with Crippen LogP contribution in [-0.2, 0) is 16.1 Å². The number of nitrogens with one attached hydrogen (secondary N) is 2. The molecule has 2 N–H and O–H groups in total. The number of guanidine groups is 1. The van der Waals surface area contributed by atoms with Crippen molar-refractivity contribution in [1.29, 1.82) is 0 Å². The Morgan fingerprint density at radius 2 is 1.94 bits per heavy atom. The summed E-state index contributed by atoms with van der Waals surface area (Å²) < 4.78 is 16.0. The number of allylic oxidation sites excluding steroid dienone is 2. The van der Waals surface area contributed by atoms with Gasteiger partial charge in [0.1, 0.15) is 5.82 Å². The van der Waals surface area contributed by atoms with Crippen molar-refractivity contribution in [2.24, 2.45) is 28.7 Å². The standard InChI is InChI=1S/C23H25FN6O2/c1-25-23(28-12-14-2-5-18(17(24)10-14)29-8-6-26-13-29)27-7-9-30-21(31)19-15-3-4-16(11-15)20(19)22(30)32/h2-6,8,10,13,15-16,19-20H,7,9,11-12H2,1H3,(H2,25,27,28). The minimum atomic E-state index is -0.342. The molecule has 32 heavy (non-hydrogen) atoms. The van der Waals surface area contributed by atoms with Crippen molar-refractivity contribution in [3.63, 3.8) is 0 Å². The molecule has 1 aliphatic heterocycles. The van der Waals surface area contributed by atoms with E-state index in [1.54, 1.807) is 36.4 Å². The molecule has 5 rings (SSSR count). The second-order valence-electron chi connectivity index (χ2n) is 8.44. The summed E-state index contributed by atoms with van der Waals surface area (Å²) in [6, 6.07) is 5.01. The Kier molecular flexibility index (Phi) is 5.24. The molecular formula is C23H25FN6O2. The van der Waals surface area contributed by atoms with Gasteiger partial charge in [-0.15, -0.1) is 0 Å². The highest BCUT2D eigenvalue weighted by Gasteiger charge is 2.58. The van der Waals surface area contributed by atoms with Gasteiger partial charge in [-0.25, -0.2) is 9.37 Å². The number of carbonyl (C=O) groups is 2. The van der Waals surface area contributed by atoms with Crippen LogP contribution in [0.25, 0.3) is 5.69 Å². The lowest BCUT2D eigenvalue weighted by Crippen LogP contribution is -2.43. The van der Waals surface area contributed by atoms with Crippen molar-refractivity contribution >= 4 is 17.8 Å². The first-order chi connectivity index (χ1) is 15.6. The lowest BCUT2D eigenvalue weighted by molar-refractivity contribution is -0.140. The summed E-state index contributed by atoms with van der Waals surface area (Å²) >= 11 is 0. The minimum Gasteiger partial charge on any atom is -0.355 e. The summed E-state index contributed by atoms with van der Waals surface area (Å²) in [6.45, 7) is 1.08. The predicted octanol–water partition coefficient (Wildman–Crippen LogP) is 1.48. The van der Waals surface area contributed by atoms with Crippen LogP contribution in [0.5, 0.6) is 0 Å². The van der Waals surface area contributed by atoms with Crippen LogP contribution in [-0.4, -0.2) is 52.4 Å². The van der Waals surface area contributed by atoms with Gasteiger partial charge in [0.15, 0.2) is 5.96 Å². The van der Waals surface area contributed by atoms with Gasteiger partial charge >= 0.3 is 0 Å². The topological polar surface area (TPSA) is 91.6 Å². The van der Waals surface area contributed by atoms with Gasteiger partial charge in [-0.05, 0) is 36.0 Å². The fourth-order valence-electron chi connectivity index (χ4n) is 5.15. The molecule has 2 amide bonds. The molecule has 9 heteroatoms. The molecule has 4 unspecified atom stereocenters. The first-order valence-electron chi connectivity index (χ1n) is 10.8. The van der Waals surface area contributed by atoms with E-state index in [2.05, 4.69) is 32.8 Å². The number of likely N-dealkylation sites (tertiary alicyclic amines) is 1. The predicted molar refractivity (Wildman–Crippen MR) is 116 cm³/mol. The number of halogens is 1. The van der Waals surface area contributed by atoms with E-state index >= 15 is 0 Å². The highest BCUT2D eigenvalue weighted by molar-refractivity contribution is 6.06. The van der Waals surface area contributed by atoms with Crippen LogP contribution in [0, 0.1) is 29.5 Å². The third kappa shape index (κ3) is 3.47. The molecule has 1 aromatic carbocycles. The van der Waals surface area contributed by atoms with Crippen LogP contribution in [0.1, 0.15) is 12.0 Å². The Morgan fingerprint density at radius 1 is 1.19 bits per heavy atom. The maximum atomic E-state index is 14.4. The number of imidazole rings is 1. The number of imide groups is 1. The van der Waals surface area contributed by atoms with Crippen LogP contribution in [0.3, 0.4) is 0 Å². The Hall–Kier alpha value is -3.49. The minimum absolute atomic E-state index is 0.0462. The molecular weight excluding hydrogens is 411 g/mol. The molecule has 2 fully saturated rings. The van der Waals surface area contributed by atoms with E-state index in [0.717, 1.165) is 12.0 Å². The van der Waals surface area contributed by atoms with Gasteiger partial charge in [0.05, 0.1) is 23.9 Å². The van der Waals surface area contributed by atoms with Gasteiger partial charge in [-0.2, -0.15) is 0 Å². The number of aromatic nitrogens is 2. The number of benzene rings is 1. The van der Waals surface area contributed by atoms with E-state index in [4.69, 9.17) is 0 Å². The zero-order valence-electron chi connectivity index (χ0n) is 17.7. The largest absolute Gasteiger partial charge is 0.355 e. The summed E-state index contributed by atoms with van der Waals surface area (Å²) in [5.41, 5.74) is 1.19. The lowest BCUT2D eigenvalue weighted by atomic mass is 9.85. The molecule has 0 spiro atoms. The van der Waals surface area contributed by atoms with Crippen molar-refractivity contribution in [3.8, 4) is 5.69 Å². The molecule has 4 atom stereocenters.